The molecule has 8 atom stereocenters. The van der Waals surface area contributed by atoms with Gasteiger partial charge in [0.1, 0.15) is 0 Å². The third-order valence-electron chi connectivity index (χ3n) is 5.12. The molecule has 2 saturated heterocycles. The zero-order chi connectivity index (χ0) is 17.0. The Morgan fingerprint density at radius 3 is 1.52 bits per heavy atom. The Balaban J connectivity index is 1.85. The molecule has 0 aromatic heterocycles. The van der Waals surface area contributed by atoms with Crippen LogP contribution in [0.2, 0.25) is 0 Å². The van der Waals surface area contributed by atoms with Gasteiger partial charge in [0.15, 0.2) is 0 Å². The summed E-state index contributed by atoms with van der Waals surface area (Å²) < 4.78 is 23.2. The van der Waals surface area contributed by atoms with E-state index in [0.29, 0.717) is 6.67 Å². The van der Waals surface area contributed by atoms with Crippen molar-refractivity contribution in [3.8, 4) is 0 Å². The van der Waals surface area contributed by atoms with E-state index >= 15 is 0 Å². The average molecular weight is 330 g/mol. The maximum atomic E-state index is 5.93. The largest absolute Gasteiger partial charge is 0.380 e. The maximum absolute atomic E-state index is 5.93. The van der Waals surface area contributed by atoms with E-state index in [1.807, 2.05) is 0 Å². The lowest BCUT2D eigenvalue weighted by atomic mass is 9.96. The lowest BCUT2D eigenvalue weighted by Gasteiger charge is -2.42. The van der Waals surface area contributed by atoms with Crippen LogP contribution in [-0.4, -0.2) is 69.6 Å². The van der Waals surface area contributed by atoms with Crippen LogP contribution in [-0.2, 0) is 18.9 Å². The van der Waals surface area contributed by atoms with E-state index in [0.717, 1.165) is 12.8 Å². The highest BCUT2D eigenvalue weighted by Gasteiger charge is 2.37. The molecule has 0 amide bonds. The van der Waals surface area contributed by atoms with Crippen LogP contribution < -0.4 is 10.6 Å². The van der Waals surface area contributed by atoms with Crippen molar-refractivity contribution in [2.45, 2.75) is 89.2 Å². The second-order valence-electron chi connectivity index (χ2n) is 6.96. The highest BCUT2D eigenvalue weighted by Crippen LogP contribution is 2.23. The van der Waals surface area contributed by atoms with Crippen LogP contribution in [0.25, 0.3) is 0 Å². The number of nitrogens with one attached hydrogen (secondary N) is 2. The molecular weight excluding hydrogens is 296 g/mol. The van der Waals surface area contributed by atoms with Crippen molar-refractivity contribution < 1.29 is 18.9 Å². The van der Waals surface area contributed by atoms with E-state index in [4.69, 9.17) is 18.9 Å². The van der Waals surface area contributed by atoms with Crippen molar-refractivity contribution >= 4 is 0 Å². The molecule has 2 fully saturated rings. The van der Waals surface area contributed by atoms with Crippen LogP contribution in [0.15, 0.2) is 0 Å². The van der Waals surface area contributed by atoms with E-state index in [1.165, 1.54) is 0 Å². The van der Waals surface area contributed by atoms with Gasteiger partial charge in [0.05, 0.1) is 48.7 Å². The molecule has 2 rings (SSSR count). The summed E-state index contributed by atoms with van der Waals surface area (Å²) in [4.78, 5) is 0. The minimum absolute atomic E-state index is 0.128. The van der Waals surface area contributed by atoms with Crippen molar-refractivity contribution in [1.82, 2.24) is 10.6 Å². The molecule has 136 valence electrons. The van der Waals surface area contributed by atoms with Gasteiger partial charge < -0.3 is 18.9 Å². The predicted molar refractivity (Wildman–Crippen MR) is 89.6 cm³/mol. The lowest BCUT2D eigenvalue weighted by Crippen LogP contribution is -2.60. The van der Waals surface area contributed by atoms with Crippen LogP contribution in [0, 0.1) is 0 Å². The summed E-state index contributed by atoms with van der Waals surface area (Å²) in [6.45, 7) is 9.08. The van der Waals surface area contributed by atoms with E-state index in [-0.39, 0.29) is 48.7 Å². The minimum atomic E-state index is 0.128. The Bertz CT molecular complexity index is 325. The highest BCUT2D eigenvalue weighted by atomic mass is 16.5. The third kappa shape index (κ3) is 4.87. The Kier molecular flexibility index (Phi) is 7.25. The van der Waals surface area contributed by atoms with Crippen LogP contribution >= 0.6 is 0 Å². The van der Waals surface area contributed by atoms with Gasteiger partial charge >= 0.3 is 0 Å². The molecule has 0 spiro atoms. The van der Waals surface area contributed by atoms with Gasteiger partial charge in [0.25, 0.3) is 0 Å². The van der Waals surface area contributed by atoms with Crippen molar-refractivity contribution in [2.75, 3.05) is 20.9 Å². The van der Waals surface area contributed by atoms with Gasteiger partial charge in [-0.15, -0.1) is 0 Å². The van der Waals surface area contributed by atoms with Gasteiger partial charge in [-0.2, -0.15) is 0 Å². The normalized spacial score (nSPS) is 45.1. The molecule has 6 heteroatoms. The molecule has 2 heterocycles. The molecule has 0 bridgehead atoms. The fraction of sp³-hybridized carbons (Fsp3) is 1.00. The number of ether oxygens (including phenoxy) is 4. The molecule has 6 nitrogen and oxygen atoms in total. The molecule has 23 heavy (non-hydrogen) atoms. The molecular formula is C17H34N2O4. The van der Waals surface area contributed by atoms with Crippen molar-refractivity contribution in [1.29, 1.82) is 0 Å². The van der Waals surface area contributed by atoms with Crippen LogP contribution in [0.4, 0.5) is 0 Å². The maximum Gasteiger partial charge on any atom is 0.0774 e. The summed E-state index contributed by atoms with van der Waals surface area (Å²) in [7, 11) is 3.55. The van der Waals surface area contributed by atoms with E-state index < -0.39 is 0 Å². The van der Waals surface area contributed by atoms with Gasteiger partial charge in [0.2, 0.25) is 0 Å². The number of hydrogen-bond acceptors (Lipinski definition) is 6. The van der Waals surface area contributed by atoms with Crippen molar-refractivity contribution in [3.05, 3.63) is 0 Å². The average Bonchev–Trinajstić information content (AvgIpc) is 2.50. The molecule has 2 N–H and O–H groups in total. The predicted octanol–water partition coefficient (Wildman–Crippen LogP) is 1.28. The molecule has 0 unspecified atom stereocenters. The fourth-order valence-electron chi connectivity index (χ4n) is 3.94. The molecule has 2 aliphatic heterocycles. The Labute approximate surface area is 140 Å². The third-order valence-corrected chi connectivity index (χ3v) is 5.12. The van der Waals surface area contributed by atoms with Gasteiger partial charge in [-0.1, -0.05) is 0 Å². The molecule has 0 saturated carbocycles. The van der Waals surface area contributed by atoms with Gasteiger partial charge in [-0.05, 0) is 27.7 Å². The molecule has 2 aliphatic rings. The smallest absolute Gasteiger partial charge is 0.0774 e. The molecule has 0 aliphatic carbocycles. The zero-order valence-electron chi connectivity index (χ0n) is 15.4. The SMILES string of the molecule is CO[C@H]1C[C@H](C)O[C@@H](C)[C@H]1NCN[C@@H]1[C@H](C)O[C@@H](C)C[C@@H]1OC. The van der Waals surface area contributed by atoms with Crippen molar-refractivity contribution in [2.24, 2.45) is 0 Å². The second kappa shape index (κ2) is 8.74. The standard InChI is InChI=1S/C17H34N2O4/c1-10-7-14(20-5)16(12(3)22-10)18-9-19-17-13(4)23-11(2)8-15(17)21-6/h10-19H,7-9H2,1-6H3/t10-,11-,12-,13-,14-,15-,16+,17+/m0/s1. The van der Waals surface area contributed by atoms with E-state index in [2.05, 4.69) is 38.3 Å². The number of rotatable bonds is 6. The van der Waals surface area contributed by atoms with Gasteiger partial charge in [-0.25, -0.2) is 0 Å². The lowest BCUT2D eigenvalue weighted by molar-refractivity contribution is -0.121. The molecule has 0 aromatic rings. The summed E-state index contributed by atoms with van der Waals surface area (Å²) in [5, 5.41) is 7.09. The Morgan fingerprint density at radius 2 is 1.17 bits per heavy atom. The molecule has 0 radical (unpaired) electrons. The fourth-order valence-corrected chi connectivity index (χ4v) is 3.94. The van der Waals surface area contributed by atoms with Crippen molar-refractivity contribution in [3.63, 3.8) is 0 Å². The first-order valence-corrected chi connectivity index (χ1v) is 8.79. The first-order chi connectivity index (χ1) is 11.0. The Morgan fingerprint density at radius 1 is 0.783 bits per heavy atom. The quantitative estimate of drug-likeness (QED) is 0.716. The summed E-state index contributed by atoms with van der Waals surface area (Å²) in [5.74, 6) is 0. The molecule has 0 aromatic carbocycles. The summed E-state index contributed by atoms with van der Waals surface area (Å²) >= 11 is 0. The zero-order valence-corrected chi connectivity index (χ0v) is 15.4. The minimum Gasteiger partial charge on any atom is -0.380 e. The van der Waals surface area contributed by atoms with E-state index in [9.17, 15) is 0 Å². The monoisotopic (exact) mass is 330 g/mol. The van der Waals surface area contributed by atoms with Crippen LogP contribution in [0.3, 0.4) is 0 Å². The first kappa shape index (κ1) is 19.1. The highest BCUT2D eigenvalue weighted by molar-refractivity contribution is 4.91. The first-order valence-electron chi connectivity index (χ1n) is 8.79. The van der Waals surface area contributed by atoms with Crippen LogP contribution in [0.1, 0.15) is 40.5 Å². The van der Waals surface area contributed by atoms with Gasteiger partial charge in [0, 0.05) is 33.7 Å². The summed E-state index contributed by atoms with van der Waals surface area (Å²) in [6, 6.07) is 0.367. The number of hydrogen-bond donors (Lipinski definition) is 2. The van der Waals surface area contributed by atoms with Gasteiger partial charge in [-0.3, -0.25) is 10.6 Å². The van der Waals surface area contributed by atoms with Crippen LogP contribution in [0.5, 0.6) is 0 Å². The Hall–Kier alpha value is -0.240. The second-order valence-corrected chi connectivity index (χ2v) is 6.96. The summed E-state index contributed by atoms with van der Waals surface area (Å²) in [5.41, 5.74) is 0. The topological polar surface area (TPSA) is 61.0 Å². The van der Waals surface area contributed by atoms with E-state index in [1.54, 1.807) is 14.2 Å². The summed E-state index contributed by atoms with van der Waals surface area (Å²) in [6.07, 6.45) is 2.92. The number of methoxy groups -OCH3 is 2.